The van der Waals surface area contributed by atoms with Gasteiger partial charge in [0.2, 0.25) is 0 Å². The molecule has 0 heterocycles. The van der Waals surface area contributed by atoms with Crippen LogP contribution in [-0.2, 0) is 0 Å². The molecule has 2 rings (SSSR count). The molecule has 0 nitrogen and oxygen atoms in total. The van der Waals surface area contributed by atoms with Crippen LogP contribution in [0.15, 0.2) is 0 Å². The van der Waals surface area contributed by atoms with E-state index in [1.807, 2.05) is 0 Å². The van der Waals surface area contributed by atoms with Crippen LogP contribution in [0.1, 0.15) is 114 Å². The molecule has 0 saturated heterocycles. The minimum Gasteiger partial charge on any atom is -0.0674 e. The standard InChI is InChI=1S/C25H48B/c1-22(2,3)21-13-11-12-18-14-19(21)15-20(26-24(7,8)9)17-25(10,16-18)23(4,5)6/h18-21H,11-17H2,1-10H3. The van der Waals surface area contributed by atoms with Crippen molar-refractivity contribution in [3.05, 3.63) is 0 Å². The van der Waals surface area contributed by atoms with Crippen LogP contribution >= 0.6 is 0 Å². The zero-order valence-electron chi connectivity index (χ0n) is 19.8. The van der Waals surface area contributed by atoms with Gasteiger partial charge < -0.3 is 0 Å². The summed E-state index contributed by atoms with van der Waals surface area (Å²) in [6.07, 6.45) is 10.1. The van der Waals surface area contributed by atoms with E-state index in [2.05, 4.69) is 76.5 Å². The number of hydrogen-bond donors (Lipinski definition) is 0. The van der Waals surface area contributed by atoms with Gasteiger partial charge in [0.15, 0.2) is 0 Å². The number of hydrogen-bond acceptors (Lipinski definition) is 0. The molecular weight excluding hydrogens is 311 g/mol. The Hall–Kier alpha value is 0.0649. The third-order valence-corrected chi connectivity index (χ3v) is 8.05. The lowest BCUT2D eigenvalue weighted by Crippen LogP contribution is -2.40. The molecule has 0 aromatic rings. The Bertz CT molecular complexity index is 458. The van der Waals surface area contributed by atoms with Crippen molar-refractivity contribution in [2.24, 2.45) is 34.0 Å². The maximum atomic E-state index is 2.72. The lowest BCUT2D eigenvalue weighted by molar-refractivity contribution is 0.0314. The van der Waals surface area contributed by atoms with Gasteiger partial charge in [-0.3, -0.25) is 0 Å². The normalized spacial score (nSPS) is 37.5. The van der Waals surface area contributed by atoms with Gasteiger partial charge in [0, 0.05) is 0 Å². The fourth-order valence-corrected chi connectivity index (χ4v) is 6.38. The van der Waals surface area contributed by atoms with E-state index in [-0.39, 0.29) is 0 Å². The van der Waals surface area contributed by atoms with Gasteiger partial charge in [-0.15, -0.1) is 0 Å². The molecule has 1 heteroatoms. The quantitative estimate of drug-likeness (QED) is 0.412. The number of fused-ring (bicyclic) bond motifs is 2. The highest BCUT2D eigenvalue weighted by molar-refractivity contribution is 6.41. The topological polar surface area (TPSA) is 0 Å². The maximum absolute atomic E-state index is 2.72. The number of rotatable bonds is 1. The highest BCUT2D eigenvalue weighted by Crippen LogP contribution is 2.57. The summed E-state index contributed by atoms with van der Waals surface area (Å²) in [6.45, 7) is 24.8. The Morgan fingerprint density at radius 1 is 0.808 bits per heavy atom. The zero-order chi connectivity index (χ0) is 20.0. The molecule has 2 fully saturated rings. The van der Waals surface area contributed by atoms with E-state index >= 15 is 0 Å². The second-order valence-corrected chi connectivity index (χ2v) is 13.5. The van der Waals surface area contributed by atoms with Crippen LogP contribution < -0.4 is 0 Å². The van der Waals surface area contributed by atoms with Gasteiger partial charge in [0.1, 0.15) is 7.28 Å². The van der Waals surface area contributed by atoms with Crippen molar-refractivity contribution in [2.75, 3.05) is 0 Å². The van der Waals surface area contributed by atoms with Gasteiger partial charge in [-0.25, -0.2) is 0 Å². The van der Waals surface area contributed by atoms with Crippen LogP contribution in [0, 0.1) is 34.0 Å². The summed E-state index contributed by atoms with van der Waals surface area (Å²) in [5.41, 5.74) is 1.30. The maximum Gasteiger partial charge on any atom is 0.121 e. The average Bonchev–Trinajstić information content (AvgIpc) is 2.56. The summed E-state index contributed by atoms with van der Waals surface area (Å²) in [6, 6.07) is 0. The molecule has 0 aliphatic heterocycles. The van der Waals surface area contributed by atoms with Crippen molar-refractivity contribution >= 4 is 7.28 Å². The summed E-state index contributed by atoms with van der Waals surface area (Å²) in [5.74, 6) is 3.55. The van der Waals surface area contributed by atoms with E-state index in [4.69, 9.17) is 0 Å². The molecular formula is C25H48B. The summed E-state index contributed by atoms with van der Waals surface area (Å²) in [7, 11) is 2.72. The van der Waals surface area contributed by atoms with E-state index in [1.165, 1.54) is 44.9 Å². The molecule has 0 aromatic heterocycles. The van der Waals surface area contributed by atoms with Gasteiger partial charge in [-0.05, 0) is 53.3 Å². The SMILES string of the molecule is CC(C)(C)[B]C1CC2CC(CCCC2C(C)(C)C)CC(C)(C(C)(C)C)C1. The molecule has 2 bridgehead atoms. The third kappa shape index (κ3) is 5.54. The minimum atomic E-state index is 0.323. The van der Waals surface area contributed by atoms with Gasteiger partial charge >= 0.3 is 0 Å². The van der Waals surface area contributed by atoms with E-state index in [0.717, 1.165) is 23.6 Å². The van der Waals surface area contributed by atoms with Crippen LogP contribution in [0.3, 0.4) is 0 Å². The van der Waals surface area contributed by atoms with E-state index in [1.54, 1.807) is 0 Å². The Balaban J connectivity index is 2.36. The Kier molecular flexibility index (Phi) is 6.43. The molecule has 5 unspecified atom stereocenters. The summed E-state index contributed by atoms with van der Waals surface area (Å²) < 4.78 is 0. The highest BCUT2D eigenvalue weighted by atomic mass is 14.5. The van der Waals surface area contributed by atoms with Crippen LogP contribution in [0.5, 0.6) is 0 Å². The summed E-state index contributed by atoms with van der Waals surface area (Å²) in [4.78, 5) is 0. The monoisotopic (exact) mass is 359 g/mol. The first kappa shape index (κ1) is 22.4. The summed E-state index contributed by atoms with van der Waals surface area (Å²) >= 11 is 0. The van der Waals surface area contributed by atoms with Crippen LogP contribution in [0.2, 0.25) is 11.1 Å². The second-order valence-electron chi connectivity index (χ2n) is 13.5. The Morgan fingerprint density at radius 2 is 1.42 bits per heavy atom. The molecule has 2 aliphatic rings. The van der Waals surface area contributed by atoms with Gasteiger partial charge in [-0.1, -0.05) is 106 Å². The molecule has 5 atom stereocenters. The van der Waals surface area contributed by atoms with Crippen molar-refractivity contribution in [3.63, 3.8) is 0 Å². The van der Waals surface area contributed by atoms with Crippen molar-refractivity contribution in [2.45, 2.75) is 125 Å². The molecule has 151 valence electrons. The van der Waals surface area contributed by atoms with Gasteiger partial charge in [-0.2, -0.15) is 0 Å². The predicted molar refractivity (Wildman–Crippen MR) is 119 cm³/mol. The molecule has 1 radical (unpaired) electrons. The molecule has 26 heavy (non-hydrogen) atoms. The van der Waals surface area contributed by atoms with Crippen LogP contribution in [-0.4, -0.2) is 7.28 Å². The fourth-order valence-electron chi connectivity index (χ4n) is 6.38. The first-order valence-electron chi connectivity index (χ1n) is 11.5. The first-order chi connectivity index (χ1) is 11.6. The van der Waals surface area contributed by atoms with E-state index < -0.39 is 0 Å². The molecule has 0 aromatic carbocycles. The lowest BCUT2D eigenvalue weighted by Gasteiger charge is -2.50. The molecule has 0 N–H and O–H groups in total. The second kappa shape index (κ2) is 7.48. The third-order valence-electron chi connectivity index (χ3n) is 8.05. The van der Waals surface area contributed by atoms with Crippen molar-refractivity contribution in [1.82, 2.24) is 0 Å². The van der Waals surface area contributed by atoms with E-state index in [0.29, 0.717) is 21.6 Å². The van der Waals surface area contributed by atoms with Crippen LogP contribution in [0.25, 0.3) is 0 Å². The smallest absolute Gasteiger partial charge is 0.0674 e. The fraction of sp³-hybridized carbons (Fsp3) is 1.00. The van der Waals surface area contributed by atoms with Gasteiger partial charge in [0.05, 0.1) is 0 Å². The van der Waals surface area contributed by atoms with Crippen molar-refractivity contribution < 1.29 is 0 Å². The van der Waals surface area contributed by atoms with Gasteiger partial charge in [0.25, 0.3) is 0 Å². The van der Waals surface area contributed by atoms with E-state index in [9.17, 15) is 0 Å². The lowest BCUT2D eigenvalue weighted by atomic mass is 9.41. The molecule has 0 spiro atoms. The van der Waals surface area contributed by atoms with Crippen molar-refractivity contribution in [1.29, 1.82) is 0 Å². The van der Waals surface area contributed by atoms with Crippen LogP contribution in [0.4, 0.5) is 0 Å². The molecule has 2 saturated carbocycles. The molecule has 2 aliphatic carbocycles. The zero-order valence-corrected chi connectivity index (χ0v) is 19.8. The first-order valence-corrected chi connectivity index (χ1v) is 11.5. The predicted octanol–water partition coefficient (Wildman–Crippen LogP) is 8.40. The highest BCUT2D eigenvalue weighted by Gasteiger charge is 2.46. The molecule has 0 amide bonds. The minimum absolute atomic E-state index is 0.323. The average molecular weight is 359 g/mol. The largest absolute Gasteiger partial charge is 0.121 e. The summed E-state index contributed by atoms with van der Waals surface area (Å²) in [5, 5.41) is 0.323. The Morgan fingerprint density at radius 3 is 1.92 bits per heavy atom. The Labute approximate surface area is 166 Å². The van der Waals surface area contributed by atoms with Crippen molar-refractivity contribution in [3.8, 4) is 0 Å².